The molecule has 8 fully saturated rings. The second kappa shape index (κ2) is 44.8. The second-order valence-electron chi connectivity index (χ2n) is 33.2. The largest absolute Gasteiger partial charge is 0.479 e. The van der Waals surface area contributed by atoms with E-state index in [-0.39, 0.29) is 132 Å². The molecule has 10 rings (SSSR count). The summed E-state index contributed by atoms with van der Waals surface area (Å²) in [6.45, 7) is 8.84. The molecule has 2 aromatic rings. The van der Waals surface area contributed by atoms with E-state index in [0.29, 0.717) is 12.8 Å². The first-order valence-electron chi connectivity index (χ1n) is 42.2. The number of hydrogen-bond acceptors (Lipinski definition) is 32. The molecular weight excluding hydrogens is 1560 g/mol. The zero-order chi connectivity index (χ0) is 85.2. The molecule has 4 aliphatic carbocycles. The van der Waals surface area contributed by atoms with Crippen molar-refractivity contribution in [2.45, 2.75) is 336 Å². The Balaban J connectivity index is 0.672. The van der Waals surface area contributed by atoms with E-state index in [9.17, 15) is 94.8 Å². The topological polar surface area (TPSA) is 573 Å². The van der Waals surface area contributed by atoms with Gasteiger partial charge in [0.2, 0.25) is 11.8 Å². The lowest BCUT2D eigenvalue weighted by Crippen LogP contribution is -2.67. The van der Waals surface area contributed by atoms with Gasteiger partial charge in [0.1, 0.15) is 79.0 Å². The van der Waals surface area contributed by atoms with E-state index in [4.69, 9.17) is 52.1 Å². The lowest BCUT2D eigenvalue weighted by atomic mass is 9.74. The maximum atomic E-state index is 14.3. The third-order valence-electron chi connectivity index (χ3n) is 24.7. The van der Waals surface area contributed by atoms with Gasteiger partial charge >= 0.3 is 11.9 Å². The van der Waals surface area contributed by atoms with Gasteiger partial charge in [-0.05, 0) is 82.5 Å². The molecule has 4 aliphatic heterocycles. The molecule has 30 atom stereocenters. The van der Waals surface area contributed by atoms with Gasteiger partial charge in [-0.2, -0.15) is 0 Å². The molecule has 668 valence electrons. The summed E-state index contributed by atoms with van der Waals surface area (Å²) in [6, 6.07) is -1.37. The van der Waals surface area contributed by atoms with E-state index in [1.165, 1.54) is 42.5 Å². The van der Waals surface area contributed by atoms with Crippen molar-refractivity contribution in [2.75, 3.05) is 46.1 Å². The normalized spacial score (nSPS) is 36.3. The van der Waals surface area contributed by atoms with Gasteiger partial charge in [0.25, 0.3) is 11.8 Å². The molecule has 2 aromatic heterocycles. The van der Waals surface area contributed by atoms with E-state index in [0.717, 1.165) is 64.2 Å². The predicted octanol–water partition coefficient (Wildman–Crippen LogP) is -1.51. The number of ketones is 1. The van der Waals surface area contributed by atoms with Gasteiger partial charge in [0.05, 0.1) is 94.6 Å². The van der Waals surface area contributed by atoms with Crippen LogP contribution in [0.25, 0.3) is 0 Å². The van der Waals surface area contributed by atoms with Gasteiger partial charge in [-0.15, -0.1) is 10.2 Å². The first-order valence-corrected chi connectivity index (χ1v) is 42.2. The number of rotatable bonds is 40. The predicted molar refractivity (Wildman–Crippen MR) is 405 cm³/mol. The monoisotopic (exact) mass is 1680 g/mol. The Morgan fingerprint density at radius 1 is 0.517 bits per heavy atom. The molecule has 40 nitrogen and oxygen atoms in total. The minimum atomic E-state index is -1.72. The summed E-state index contributed by atoms with van der Waals surface area (Å²) in [4.78, 5) is 93.4. The van der Waals surface area contributed by atoms with Crippen LogP contribution in [0.3, 0.4) is 0 Å². The SMILES string of the molecule is CC[C@H]1C[C@@H](C(=O)NCCNC(=O)c2cn(CCOCCn3cc(C(=O)NCCCC(=O)[C@@H]4C[C@H](CC)[C@@H](O[C@@H]5O[C@@H](C)[C@@H](O)[C@@H](O)[C@@H]5O)[C@H](O[C@@H]5O[C@H](CO)[C@H](O)[C@H](O[C@@H](CC6CCCCC6)C(=O)O)[C@H]5NC(C)=O)C4)nn3)nn2)C[C@@H](O[C@@H]2O[C@H](CO)[C@H](O)[C@H](O[C@@H](CC3CCCCC3)C(=O)O)[C@H]2C)[C@@H]1O[C@@H]1O[C@@H](C)[C@@H](O)[C@@H](O)[C@@H]1O. The Hall–Kier alpha value is -6.07. The average molecular weight is 1680 g/mol. The van der Waals surface area contributed by atoms with Crippen molar-refractivity contribution in [3.63, 3.8) is 0 Å². The number of ether oxygens (including phenoxy) is 11. The molecule has 4 amide bonds. The third kappa shape index (κ3) is 24.7. The first-order chi connectivity index (χ1) is 56.5. The smallest absolute Gasteiger partial charge is 0.332 e. The summed E-state index contributed by atoms with van der Waals surface area (Å²) in [5.41, 5.74) is -0.0188. The highest BCUT2D eigenvalue weighted by molar-refractivity contribution is 5.92. The summed E-state index contributed by atoms with van der Waals surface area (Å²) in [5.74, 6) is -7.87. The van der Waals surface area contributed by atoms with Crippen molar-refractivity contribution >= 4 is 41.4 Å². The molecule has 118 heavy (non-hydrogen) atoms. The molecule has 8 aliphatic rings. The van der Waals surface area contributed by atoms with Gasteiger partial charge in [0, 0.05) is 50.7 Å². The minimum absolute atomic E-state index is 0.00198. The molecule has 40 heteroatoms. The number of nitrogens with zero attached hydrogens (tertiary/aromatic N) is 6. The number of aromatic nitrogens is 6. The molecule has 16 N–H and O–H groups in total. The fourth-order valence-corrected chi connectivity index (χ4v) is 17.8. The number of aliphatic carboxylic acids is 2. The number of aliphatic hydroxyl groups excluding tert-OH is 10. The number of hydrogen-bond donors (Lipinski definition) is 16. The van der Waals surface area contributed by atoms with Crippen molar-refractivity contribution in [1.29, 1.82) is 0 Å². The zero-order valence-corrected chi connectivity index (χ0v) is 68.0. The Morgan fingerprint density at radius 2 is 0.966 bits per heavy atom. The highest BCUT2D eigenvalue weighted by Gasteiger charge is 2.56. The van der Waals surface area contributed by atoms with Crippen LogP contribution in [0.4, 0.5) is 0 Å². The summed E-state index contributed by atoms with van der Waals surface area (Å²) in [7, 11) is 0. The van der Waals surface area contributed by atoms with Gasteiger partial charge in [-0.1, -0.05) is 108 Å². The minimum Gasteiger partial charge on any atom is -0.479 e. The summed E-state index contributed by atoms with van der Waals surface area (Å²) in [6.07, 6.45) is -18.5. The molecule has 0 aromatic carbocycles. The maximum absolute atomic E-state index is 14.3. The van der Waals surface area contributed by atoms with Crippen LogP contribution in [-0.2, 0) is 89.2 Å². The quantitative estimate of drug-likeness (QED) is 0.0337. The summed E-state index contributed by atoms with van der Waals surface area (Å²) >= 11 is 0. The summed E-state index contributed by atoms with van der Waals surface area (Å²) < 4.78 is 71.5. The Labute approximate surface area is 684 Å². The zero-order valence-electron chi connectivity index (χ0n) is 68.0. The van der Waals surface area contributed by atoms with E-state index in [2.05, 4.69) is 41.9 Å². The number of Topliss-reactive ketones (excluding diaryl/α,β-unsaturated/α-hetero) is 1. The van der Waals surface area contributed by atoms with E-state index in [1.54, 1.807) is 6.92 Å². The molecule has 0 bridgehead atoms. The van der Waals surface area contributed by atoms with E-state index in [1.807, 2.05) is 13.8 Å². The van der Waals surface area contributed by atoms with Gasteiger partial charge in [0.15, 0.2) is 48.8 Å². The van der Waals surface area contributed by atoms with E-state index < -0.39 is 226 Å². The Bertz CT molecular complexity index is 3500. The fraction of sp³-hybridized carbons (Fsp3) is 0.859. The second-order valence-corrected chi connectivity index (χ2v) is 33.2. The van der Waals surface area contributed by atoms with Crippen molar-refractivity contribution in [3.05, 3.63) is 23.8 Å². The third-order valence-corrected chi connectivity index (χ3v) is 24.7. The molecule has 4 saturated heterocycles. The van der Waals surface area contributed by atoms with Crippen LogP contribution < -0.4 is 21.3 Å². The molecule has 4 saturated carbocycles. The van der Waals surface area contributed by atoms with Crippen molar-refractivity contribution < 1.29 is 147 Å². The summed E-state index contributed by atoms with van der Waals surface area (Å²) in [5, 5.41) is 157. The van der Waals surface area contributed by atoms with Gasteiger partial charge in [-0.25, -0.2) is 19.0 Å². The highest BCUT2D eigenvalue weighted by atomic mass is 16.7. The lowest BCUT2D eigenvalue weighted by Gasteiger charge is -2.49. The van der Waals surface area contributed by atoms with Crippen LogP contribution in [-0.4, -0.2) is 332 Å². The molecule has 0 radical (unpaired) electrons. The maximum Gasteiger partial charge on any atom is 0.332 e. The number of carbonyl (C=O) groups excluding carboxylic acids is 5. The Morgan fingerprint density at radius 3 is 1.45 bits per heavy atom. The average Bonchev–Trinajstić information content (AvgIpc) is 0.863. The van der Waals surface area contributed by atoms with Gasteiger partial charge in [-0.3, -0.25) is 24.0 Å². The molecule has 0 spiro atoms. The lowest BCUT2D eigenvalue weighted by molar-refractivity contribution is -0.343. The number of carboxylic acid groups (broad SMARTS) is 2. The van der Waals surface area contributed by atoms with Crippen molar-refractivity contribution in [1.82, 2.24) is 51.3 Å². The van der Waals surface area contributed by atoms with Gasteiger partial charge < -0.3 is 135 Å². The van der Waals surface area contributed by atoms with Crippen LogP contribution >= 0.6 is 0 Å². The van der Waals surface area contributed by atoms with Crippen molar-refractivity contribution in [2.24, 2.45) is 41.4 Å². The van der Waals surface area contributed by atoms with E-state index >= 15 is 0 Å². The van der Waals surface area contributed by atoms with Crippen LogP contribution in [0.15, 0.2) is 12.4 Å². The first kappa shape index (κ1) is 94.2. The van der Waals surface area contributed by atoms with Crippen molar-refractivity contribution in [3.8, 4) is 0 Å². The highest BCUT2D eigenvalue weighted by Crippen LogP contribution is 2.44. The number of carboxylic acids is 2. The van der Waals surface area contributed by atoms with Crippen LogP contribution in [0, 0.1) is 41.4 Å². The number of nitrogens with one attached hydrogen (secondary N) is 4. The Kier molecular flexibility index (Phi) is 35.8. The number of carbonyl (C=O) groups is 7. The fourth-order valence-electron chi connectivity index (χ4n) is 17.8. The van der Waals surface area contributed by atoms with Crippen LogP contribution in [0.2, 0.25) is 0 Å². The standard InChI is InChI=1S/C78H126N10O30/c1-7-44-30-46(32-51(67(44)117-77-64(99)62(97)58(93)39(4)109-77)114-76-57(82-41(6)91)69(61(96)56(37-90)116-76)112-54(74(106)107)29-43-18-13-10-14-19-43)50(92)20-15-21-79-71(102)48-34-87(85-83-48)24-26-108-27-25-88-35-49(84-86-88)72(103)81-23-22-80-70(101)47-31-45(8-2)68(118-78-65(100)63(98)59(94)40(5)110-78)52(33-47)113-75-38(3)66(60(95)55(36-89)115-75)111-53(73(104)105)28-42-16-11-9-12-17-42/h34-35,38-40,42-47,51-69,75-78,89-90,93-100H,7-33,36-37H2,1-6H3,(H,79,102)(H,80,101)(H,81,103)(H,82,91)(H,104,105)(H,106,107)/t38-,39+,40+,44+,45+,46-,47-,51-,52-,53+,54+,55-,56-,57-,58-,59-,60+,61+,62-,63-,64+,65+,66-,67-,68-,69-,75-,76-,77+,78+/m1/s1. The number of aliphatic hydroxyl groups is 10. The van der Waals surface area contributed by atoms with Crippen LogP contribution in [0.5, 0.6) is 0 Å². The van der Waals surface area contributed by atoms with Crippen LogP contribution in [0.1, 0.15) is 191 Å². The molecule has 6 heterocycles. The number of amides is 4. The molecule has 0 unspecified atom stereocenters. The molecular formula is C78H126N10O30.